The second-order valence-electron chi connectivity index (χ2n) is 5.20. The number of fused-ring (bicyclic) bond motifs is 1. The molecule has 1 N–H and O–H groups in total. The molecule has 0 amide bonds. The Labute approximate surface area is 142 Å². The second-order valence-corrected chi connectivity index (χ2v) is 5.20. The number of methoxy groups -OCH3 is 1. The van der Waals surface area contributed by atoms with E-state index in [1.807, 2.05) is 36.4 Å². The predicted octanol–water partition coefficient (Wildman–Crippen LogP) is 4.71. The van der Waals surface area contributed by atoms with Gasteiger partial charge in [0.1, 0.15) is 11.6 Å². The van der Waals surface area contributed by atoms with Crippen LogP contribution in [0.3, 0.4) is 0 Å². The minimum absolute atomic E-state index is 0.212. The molecule has 3 rings (SSSR count). The van der Waals surface area contributed by atoms with Crippen LogP contribution in [-0.2, 0) is 6.18 Å². The fraction of sp³-hybridized carbons (Fsp3) is 0.111. The standard InChI is InChI=1S/C18H14F3N3O/c1-25-16-8-6-12-4-2-3-5-14(12)15(16)11-23-24-17-9-7-13(10-22-17)18(19,20)21/h2-11H,1H3,(H,22,24)/b23-11-. The number of ether oxygens (including phenoxy) is 1. The lowest BCUT2D eigenvalue weighted by Crippen LogP contribution is -2.05. The molecule has 1 aromatic heterocycles. The molecule has 2 aromatic carbocycles. The average molecular weight is 345 g/mol. The summed E-state index contributed by atoms with van der Waals surface area (Å²) >= 11 is 0. The molecule has 3 aromatic rings. The summed E-state index contributed by atoms with van der Waals surface area (Å²) in [6.45, 7) is 0. The number of aromatic nitrogens is 1. The van der Waals surface area contributed by atoms with Gasteiger partial charge in [-0.1, -0.05) is 30.3 Å². The van der Waals surface area contributed by atoms with E-state index in [2.05, 4.69) is 15.5 Å². The maximum atomic E-state index is 12.5. The molecule has 0 radical (unpaired) electrons. The molecule has 0 atom stereocenters. The van der Waals surface area contributed by atoms with Gasteiger partial charge in [0.2, 0.25) is 0 Å². The van der Waals surface area contributed by atoms with Gasteiger partial charge in [0.15, 0.2) is 0 Å². The van der Waals surface area contributed by atoms with E-state index in [1.54, 1.807) is 13.3 Å². The van der Waals surface area contributed by atoms with E-state index in [1.165, 1.54) is 6.07 Å². The largest absolute Gasteiger partial charge is 0.496 e. The van der Waals surface area contributed by atoms with E-state index in [-0.39, 0.29) is 5.82 Å². The SMILES string of the molecule is COc1ccc2ccccc2c1/C=N\Nc1ccc(C(F)(F)F)cn1. The van der Waals surface area contributed by atoms with Gasteiger partial charge >= 0.3 is 6.18 Å². The first-order valence-corrected chi connectivity index (χ1v) is 7.37. The van der Waals surface area contributed by atoms with E-state index in [9.17, 15) is 13.2 Å². The molecular weight excluding hydrogens is 331 g/mol. The van der Waals surface area contributed by atoms with Crippen LogP contribution in [0.2, 0.25) is 0 Å². The van der Waals surface area contributed by atoms with Crippen molar-refractivity contribution in [2.45, 2.75) is 6.18 Å². The third-order valence-corrected chi connectivity index (χ3v) is 3.61. The number of rotatable bonds is 4. The van der Waals surface area contributed by atoms with E-state index >= 15 is 0 Å². The van der Waals surface area contributed by atoms with Gasteiger partial charge in [-0.25, -0.2) is 4.98 Å². The number of nitrogens with zero attached hydrogens (tertiary/aromatic N) is 2. The molecule has 0 bridgehead atoms. The molecule has 0 spiro atoms. The molecular formula is C18H14F3N3O. The Balaban J connectivity index is 1.84. The third-order valence-electron chi connectivity index (χ3n) is 3.61. The van der Waals surface area contributed by atoms with Gasteiger partial charge in [-0.15, -0.1) is 0 Å². The number of benzene rings is 2. The zero-order valence-electron chi connectivity index (χ0n) is 13.2. The molecule has 0 saturated heterocycles. The van der Waals surface area contributed by atoms with Crippen LogP contribution in [0.1, 0.15) is 11.1 Å². The van der Waals surface area contributed by atoms with Gasteiger partial charge in [-0.05, 0) is 29.0 Å². The Kier molecular flexibility index (Phi) is 4.56. The van der Waals surface area contributed by atoms with Crippen LogP contribution in [0.25, 0.3) is 10.8 Å². The van der Waals surface area contributed by atoms with Crippen molar-refractivity contribution in [2.75, 3.05) is 12.5 Å². The number of halogens is 3. The molecule has 128 valence electrons. The Morgan fingerprint density at radius 3 is 2.56 bits per heavy atom. The van der Waals surface area contributed by atoms with Crippen molar-refractivity contribution < 1.29 is 17.9 Å². The topological polar surface area (TPSA) is 46.5 Å². The lowest BCUT2D eigenvalue weighted by Gasteiger charge is -2.09. The first-order chi connectivity index (χ1) is 12.0. The first kappa shape index (κ1) is 16.8. The van der Waals surface area contributed by atoms with Gasteiger partial charge in [0.05, 0.1) is 18.9 Å². The van der Waals surface area contributed by atoms with Crippen LogP contribution in [-0.4, -0.2) is 18.3 Å². The van der Waals surface area contributed by atoms with E-state index in [0.29, 0.717) is 5.75 Å². The number of nitrogens with one attached hydrogen (secondary N) is 1. The minimum Gasteiger partial charge on any atom is -0.496 e. The fourth-order valence-corrected chi connectivity index (χ4v) is 2.38. The lowest BCUT2D eigenvalue weighted by molar-refractivity contribution is -0.137. The number of hydrazone groups is 1. The molecule has 7 heteroatoms. The van der Waals surface area contributed by atoms with Gasteiger partial charge in [-0.3, -0.25) is 5.43 Å². The normalized spacial score (nSPS) is 11.8. The van der Waals surface area contributed by atoms with Crippen molar-refractivity contribution in [3.63, 3.8) is 0 Å². The lowest BCUT2D eigenvalue weighted by atomic mass is 10.0. The fourth-order valence-electron chi connectivity index (χ4n) is 2.38. The number of anilines is 1. The number of hydrogen-bond donors (Lipinski definition) is 1. The van der Waals surface area contributed by atoms with Crippen LogP contribution < -0.4 is 10.2 Å². The maximum absolute atomic E-state index is 12.5. The highest BCUT2D eigenvalue weighted by molar-refractivity contribution is 6.02. The van der Waals surface area contributed by atoms with Crippen molar-refractivity contribution in [3.05, 3.63) is 65.9 Å². The zero-order chi connectivity index (χ0) is 17.9. The van der Waals surface area contributed by atoms with Crippen molar-refractivity contribution in [3.8, 4) is 5.75 Å². The molecule has 4 nitrogen and oxygen atoms in total. The van der Waals surface area contributed by atoms with E-state index in [4.69, 9.17) is 4.74 Å². The molecule has 1 heterocycles. The molecule has 0 fully saturated rings. The quantitative estimate of drug-likeness (QED) is 0.550. The van der Waals surface area contributed by atoms with Crippen LogP contribution in [0.5, 0.6) is 5.75 Å². The van der Waals surface area contributed by atoms with Crippen LogP contribution in [0, 0.1) is 0 Å². The second kappa shape index (κ2) is 6.80. The van der Waals surface area contributed by atoms with Crippen molar-refractivity contribution in [1.82, 2.24) is 4.98 Å². The van der Waals surface area contributed by atoms with E-state index < -0.39 is 11.7 Å². The number of hydrogen-bond acceptors (Lipinski definition) is 4. The smallest absolute Gasteiger partial charge is 0.417 e. The Hall–Kier alpha value is -3.09. The van der Waals surface area contributed by atoms with Gasteiger partial charge in [-0.2, -0.15) is 18.3 Å². The van der Waals surface area contributed by atoms with Crippen LogP contribution >= 0.6 is 0 Å². The number of pyridine rings is 1. The Morgan fingerprint density at radius 1 is 1.08 bits per heavy atom. The summed E-state index contributed by atoms with van der Waals surface area (Å²) in [5.74, 6) is 0.855. The summed E-state index contributed by atoms with van der Waals surface area (Å²) in [4.78, 5) is 3.71. The van der Waals surface area contributed by atoms with Crippen LogP contribution in [0.4, 0.5) is 19.0 Å². The summed E-state index contributed by atoms with van der Waals surface area (Å²) < 4.78 is 42.9. The highest BCUT2D eigenvalue weighted by Crippen LogP contribution is 2.29. The third kappa shape index (κ3) is 3.71. The summed E-state index contributed by atoms with van der Waals surface area (Å²) in [7, 11) is 1.56. The maximum Gasteiger partial charge on any atom is 0.417 e. The summed E-state index contributed by atoms with van der Waals surface area (Å²) in [6.07, 6.45) is -2.10. The Morgan fingerprint density at radius 2 is 1.88 bits per heavy atom. The summed E-state index contributed by atoms with van der Waals surface area (Å²) in [5.41, 5.74) is 2.58. The molecule has 0 unspecified atom stereocenters. The Bertz CT molecular complexity index is 906. The molecule has 0 aliphatic carbocycles. The van der Waals surface area contributed by atoms with Crippen molar-refractivity contribution in [2.24, 2.45) is 5.10 Å². The highest BCUT2D eigenvalue weighted by atomic mass is 19.4. The zero-order valence-corrected chi connectivity index (χ0v) is 13.2. The molecule has 0 saturated carbocycles. The van der Waals surface area contributed by atoms with Crippen molar-refractivity contribution in [1.29, 1.82) is 0 Å². The van der Waals surface area contributed by atoms with Gasteiger partial charge in [0.25, 0.3) is 0 Å². The van der Waals surface area contributed by atoms with Crippen LogP contribution in [0.15, 0.2) is 59.8 Å². The monoisotopic (exact) mass is 345 g/mol. The molecule has 0 aliphatic heterocycles. The molecule has 0 aliphatic rings. The highest BCUT2D eigenvalue weighted by Gasteiger charge is 2.30. The van der Waals surface area contributed by atoms with E-state index in [0.717, 1.165) is 28.6 Å². The first-order valence-electron chi connectivity index (χ1n) is 7.37. The van der Waals surface area contributed by atoms with Crippen molar-refractivity contribution >= 4 is 22.8 Å². The van der Waals surface area contributed by atoms with Gasteiger partial charge < -0.3 is 4.74 Å². The molecule has 25 heavy (non-hydrogen) atoms. The average Bonchev–Trinajstić information content (AvgIpc) is 2.61. The minimum atomic E-state index is -4.41. The predicted molar refractivity (Wildman–Crippen MR) is 91.0 cm³/mol. The number of alkyl halides is 3. The van der Waals surface area contributed by atoms with Gasteiger partial charge in [0, 0.05) is 11.8 Å². The summed E-state index contributed by atoms with van der Waals surface area (Å²) in [5, 5.41) is 6.04. The summed E-state index contributed by atoms with van der Waals surface area (Å²) in [6, 6.07) is 13.7.